The Hall–Kier alpha value is -3.78. The van der Waals surface area contributed by atoms with Gasteiger partial charge in [-0.2, -0.15) is 0 Å². The minimum Gasteiger partial charge on any atom is -0.383 e. The molecule has 2 aromatic carbocycles. The molecule has 0 atom stereocenters. The molecule has 0 aliphatic carbocycles. The minimum absolute atomic E-state index is 0.0811. The standard InChI is InChI=1S/C24H27N7O/c1-3-30(4-2)14-13-26-24(32)17-9-11-18(12-10-17)31-16-22(28-29-31)21-15-27-23(25)20-8-6-5-7-19(20)21/h5-12,15-16H,3-4,13-14H2,1-2H3,(H2,25,27)(H,26,32). The Morgan fingerprint density at radius 3 is 2.50 bits per heavy atom. The molecule has 0 spiro atoms. The van der Waals surface area contributed by atoms with Crippen LogP contribution in [0.1, 0.15) is 24.2 Å². The van der Waals surface area contributed by atoms with Crippen molar-refractivity contribution >= 4 is 22.5 Å². The third-order valence-corrected chi connectivity index (χ3v) is 5.60. The smallest absolute Gasteiger partial charge is 0.251 e. The maximum absolute atomic E-state index is 12.4. The lowest BCUT2D eigenvalue weighted by molar-refractivity contribution is 0.0949. The average molecular weight is 430 g/mol. The molecule has 1 amide bonds. The summed E-state index contributed by atoms with van der Waals surface area (Å²) in [5.74, 6) is 0.408. The summed E-state index contributed by atoms with van der Waals surface area (Å²) in [5.41, 5.74) is 9.01. The van der Waals surface area contributed by atoms with E-state index in [4.69, 9.17) is 5.73 Å². The molecule has 32 heavy (non-hydrogen) atoms. The Morgan fingerprint density at radius 2 is 1.78 bits per heavy atom. The molecule has 0 saturated carbocycles. The largest absolute Gasteiger partial charge is 0.383 e. The Balaban J connectivity index is 1.49. The van der Waals surface area contributed by atoms with E-state index in [9.17, 15) is 4.79 Å². The lowest BCUT2D eigenvalue weighted by atomic mass is 10.1. The second-order valence-electron chi connectivity index (χ2n) is 7.48. The van der Waals surface area contributed by atoms with Crippen LogP contribution in [-0.2, 0) is 0 Å². The van der Waals surface area contributed by atoms with E-state index in [0.29, 0.717) is 23.6 Å². The first-order chi connectivity index (χ1) is 15.6. The molecule has 8 nitrogen and oxygen atoms in total. The van der Waals surface area contributed by atoms with Crippen LogP contribution < -0.4 is 11.1 Å². The first-order valence-electron chi connectivity index (χ1n) is 10.8. The van der Waals surface area contributed by atoms with Crippen molar-refractivity contribution in [2.45, 2.75) is 13.8 Å². The lowest BCUT2D eigenvalue weighted by Crippen LogP contribution is -2.34. The van der Waals surface area contributed by atoms with Crippen LogP contribution in [0, 0.1) is 0 Å². The van der Waals surface area contributed by atoms with E-state index in [1.165, 1.54) is 0 Å². The zero-order valence-corrected chi connectivity index (χ0v) is 18.3. The van der Waals surface area contributed by atoms with Gasteiger partial charge in [-0.15, -0.1) is 5.10 Å². The highest BCUT2D eigenvalue weighted by Gasteiger charge is 2.12. The molecule has 0 fully saturated rings. The summed E-state index contributed by atoms with van der Waals surface area (Å²) in [6.45, 7) is 7.65. The Labute approximate surface area is 187 Å². The summed E-state index contributed by atoms with van der Waals surface area (Å²) in [6.07, 6.45) is 3.57. The predicted octanol–water partition coefficient (Wildman–Crippen LogP) is 3.14. The SMILES string of the molecule is CCN(CC)CCNC(=O)c1ccc(-n2cc(-c3cnc(N)c4ccccc34)nn2)cc1. The van der Waals surface area contributed by atoms with Gasteiger partial charge in [-0.1, -0.05) is 43.3 Å². The summed E-state index contributed by atoms with van der Waals surface area (Å²) >= 11 is 0. The molecule has 3 N–H and O–H groups in total. The van der Waals surface area contributed by atoms with Crippen molar-refractivity contribution in [2.75, 3.05) is 31.9 Å². The molecule has 0 radical (unpaired) electrons. The molecule has 4 rings (SSSR count). The van der Waals surface area contributed by atoms with Gasteiger partial charge in [0.05, 0.1) is 11.9 Å². The van der Waals surface area contributed by atoms with Gasteiger partial charge in [0.2, 0.25) is 0 Å². The number of nitrogens with two attached hydrogens (primary N) is 1. The molecule has 4 aromatic rings. The van der Waals surface area contributed by atoms with Crippen LogP contribution >= 0.6 is 0 Å². The van der Waals surface area contributed by atoms with Gasteiger partial charge in [-0.25, -0.2) is 9.67 Å². The van der Waals surface area contributed by atoms with Crippen LogP contribution in [0.2, 0.25) is 0 Å². The quantitative estimate of drug-likeness (QED) is 0.446. The normalized spacial score (nSPS) is 11.2. The number of likely N-dealkylation sites (N-methyl/N-ethyl adjacent to an activating group) is 1. The second-order valence-corrected chi connectivity index (χ2v) is 7.48. The third-order valence-electron chi connectivity index (χ3n) is 5.60. The monoisotopic (exact) mass is 429 g/mol. The summed E-state index contributed by atoms with van der Waals surface area (Å²) in [5, 5.41) is 13.4. The fraction of sp³-hybridized carbons (Fsp3) is 0.250. The molecule has 0 aliphatic heterocycles. The number of anilines is 1. The van der Waals surface area contributed by atoms with Crippen LogP contribution in [0.25, 0.3) is 27.7 Å². The summed E-state index contributed by atoms with van der Waals surface area (Å²) < 4.78 is 1.68. The van der Waals surface area contributed by atoms with Crippen LogP contribution in [0.4, 0.5) is 5.82 Å². The van der Waals surface area contributed by atoms with E-state index in [1.54, 1.807) is 23.0 Å². The van der Waals surface area contributed by atoms with Gasteiger partial charge in [-0.05, 0) is 42.7 Å². The van der Waals surface area contributed by atoms with Gasteiger partial charge in [-0.3, -0.25) is 4.79 Å². The number of nitrogens with zero attached hydrogens (tertiary/aromatic N) is 5. The molecule has 0 unspecified atom stereocenters. The number of hydrogen-bond donors (Lipinski definition) is 2. The molecule has 0 aliphatic rings. The molecule has 164 valence electrons. The fourth-order valence-corrected chi connectivity index (χ4v) is 3.67. The van der Waals surface area contributed by atoms with E-state index in [-0.39, 0.29) is 5.91 Å². The maximum Gasteiger partial charge on any atom is 0.251 e. The molecule has 2 heterocycles. The van der Waals surface area contributed by atoms with Crippen molar-refractivity contribution in [1.82, 2.24) is 30.2 Å². The van der Waals surface area contributed by atoms with Gasteiger partial charge < -0.3 is 16.0 Å². The summed E-state index contributed by atoms with van der Waals surface area (Å²) in [4.78, 5) is 19.0. The third kappa shape index (κ3) is 4.45. The van der Waals surface area contributed by atoms with Crippen molar-refractivity contribution in [1.29, 1.82) is 0 Å². The van der Waals surface area contributed by atoms with Crippen molar-refractivity contribution in [3.05, 3.63) is 66.5 Å². The van der Waals surface area contributed by atoms with E-state index < -0.39 is 0 Å². The van der Waals surface area contributed by atoms with Crippen molar-refractivity contribution in [3.63, 3.8) is 0 Å². The number of amides is 1. The number of nitrogen functional groups attached to an aromatic ring is 1. The molecule has 2 aromatic heterocycles. The van der Waals surface area contributed by atoms with Crippen molar-refractivity contribution in [3.8, 4) is 16.9 Å². The van der Waals surface area contributed by atoms with E-state index in [1.807, 2.05) is 42.6 Å². The number of hydrogen-bond acceptors (Lipinski definition) is 6. The first-order valence-corrected chi connectivity index (χ1v) is 10.8. The average Bonchev–Trinajstić information content (AvgIpc) is 3.32. The molecule has 8 heteroatoms. The van der Waals surface area contributed by atoms with Gasteiger partial charge >= 0.3 is 0 Å². The molecule has 0 saturated heterocycles. The molecule has 0 bridgehead atoms. The topological polar surface area (TPSA) is 102 Å². The van der Waals surface area contributed by atoms with Crippen LogP contribution in [0.3, 0.4) is 0 Å². The molecular weight excluding hydrogens is 402 g/mol. The van der Waals surface area contributed by atoms with Gasteiger partial charge in [0.1, 0.15) is 11.5 Å². The Morgan fingerprint density at radius 1 is 1.06 bits per heavy atom. The van der Waals surface area contributed by atoms with Gasteiger partial charge in [0.15, 0.2) is 0 Å². The number of carbonyl (C=O) groups is 1. The maximum atomic E-state index is 12.4. The zero-order chi connectivity index (χ0) is 22.5. The highest BCUT2D eigenvalue weighted by Crippen LogP contribution is 2.29. The van der Waals surface area contributed by atoms with E-state index >= 15 is 0 Å². The predicted molar refractivity (Wildman–Crippen MR) is 127 cm³/mol. The number of benzene rings is 2. The summed E-state index contributed by atoms with van der Waals surface area (Å²) in [7, 11) is 0. The van der Waals surface area contributed by atoms with Crippen molar-refractivity contribution in [2.24, 2.45) is 0 Å². The van der Waals surface area contributed by atoms with Crippen LogP contribution in [-0.4, -0.2) is 57.0 Å². The van der Waals surface area contributed by atoms with Crippen molar-refractivity contribution < 1.29 is 4.79 Å². The van der Waals surface area contributed by atoms with Crippen LogP contribution in [0.15, 0.2) is 60.9 Å². The van der Waals surface area contributed by atoms with Crippen LogP contribution in [0.5, 0.6) is 0 Å². The number of carbonyl (C=O) groups excluding carboxylic acids is 1. The first kappa shape index (κ1) is 21.5. The van der Waals surface area contributed by atoms with Gasteiger partial charge in [0.25, 0.3) is 5.91 Å². The summed E-state index contributed by atoms with van der Waals surface area (Å²) in [6, 6.07) is 15.1. The number of pyridine rings is 1. The van der Waals surface area contributed by atoms with E-state index in [2.05, 4.69) is 39.4 Å². The second kappa shape index (κ2) is 9.57. The number of aromatic nitrogens is 4. The highest BCUT2D eigenvalue weighted by atomic mass is 16.1. The Kier molecular flexibility index (Phi) is 6.42. The number of rotatable bonds is 8. The highest BCUT2D eigenvalue weighted by molar-refractivity contribution is 6.00. The minimum atomic E-state index is -0.0811. The Bertz CT molecular complexity index is 1210. The van der Waals surface area contributed by atoms with Gasteiger partial charge in [0, 0.05) is 35.8 Å². The number of nitrogens with one attached hydrogen (secondary N) is 1. The zero-order valence-electron chi connectivity index (χ0n) is 18.3. The number of fused-ring (bicyclic) bond motifs is 1. The fourth-order valence-electron chi connectivity index (χ4n) is 3.67. The van der Waals surface area contributed by atoms with E-state index in [0.717, 1.165) is 41.7 Å². The lowest BCUT2D eigenvalue weighted by Gasteiger charge is -2.17. The molecular formula is C24H27N7O.